The van der Waals surface area contributed by atoms with Crippen molar-refractivity contribution in [3.8, 4) is 34.4 Å². The van der Waals surface area contributed by atoms with Crippen molar-refractivity contribution in [2.75, 3.05) is 53.6 Å². The molecular formula is C40H50ClN9O8. The van der Waals surface area contributed by atoms with Crippen LogP contribution in [0.2, 0.25) is 5.02 Å². The van der Waals surface area contributed by atoms with Gasteiger partial charge in [-0.25, -0.2) is 0 Å². The molecule has 17 nitrogen and oxygen atoms in total. The monoisotopic (exact) mass is 819 g/mol. The minimum Gasteiger partial charge on any atom is -0.497 e. The molecule has 1 aliphatic rings. The average molecular weight is 820 g/mol. The van der Waals surface area contributed by atoms with Crippen molar-refractivity contribution < 1.29 is 38.2 Å². The van der Waals surface area contributed by atoms with Gasteiger partial charge in [0.1, 0.15) is 61.2 Å². The number of carbonyl (C=O) groups excluding carboxylic acids is 5. The summed E-state index contributed by atoms with van der Waals surface area (Å²) in [5.41, 5.74) is 19.4. The lowest BCUT2D eigenvalue weighted by Crippen LogP contribution is -2.56. The van der Waals surface area contributed by atoms with Crippen molar-refractivity contribution in [1.82, 2.24) is 26.2 Å². The first-order valence-electron chi connectivity index (χ1n) is 18.7. The van der Waals surface area contributed by atoms with Crippen molar-refractivity contribution in [1.29, 1.82) is 5.26 Å². The number of ether oxygens (including phenoxy) is 3. The zero-order valence-electron chi connectivity index (χ0n) is 32.6. The minimum absolute atomic E-state index is 0.00400. The number of nitrogens with zero attached hydrogens (tertiary/aromatic N) is 2. The summed E-state index contributed by atoms with van der Waals surface area (Å²) < 4.78 is 17.3. The molecule has 4 rings (SSSR count). The van der Waals surface area contributed by atoms with E-state index in [9.17, 15) is 24.0 Å². The minimum atomic E-state index is -1.39. The van der Waals surface area contributed by atoms with Gasteiger partial charge in [-0.1, -0.05) is 23.7 Å². The normalized spacial score (nSPS) is 17.0. The third kappa shape index (κ3) is 11.3. The molecule has 1 aliphatic heterocycles. The summed E-state index contributed by atoms with van der Waals surface area (Å²) >= 11 is 6.39. The van der Waals surface area contributed by atoms with Gasteiger partial charge in [0, 0.05) is 37.7 Å². The van der Waals surface area contributed by atoms with Gasteiger partial charge in [0.25, 0.3) is 5.91 Å². The lowest BCUT2D eigenvalue weighted by Gasteiger charge is -2.32. The Bertz CT molecular complexity index is 2010. The number of likely N-dealkylation sites (N-methyl/N-ethyl adjacent to an activating group) is 1. The van der Waals surface area contributed by atoms with Gasteiger partial charge in [-0.2, -0.15) is 5.26 Å². The zero-order valence-corrected chi connectivity index (χ0v) is 33.4. The van der Waals surface area contributed by atoms with Crippen molar-refractivity contribution >= 4 is 41.1 Å². The van der Waals surface area contributed by atoms with Crippen molar-refractivity contribution in [2.24, 2.45) is 17.2 Å². The first-order chi connectivity index (χ1) is 27.9. The number of carbonyl (C=O) groups is 5. The van der Waals surface area contributed by atoms with Crippen molar-refractivity contribution in [3.63, 3.8) is 0 Å². The Balaban J connectivity index is 1.88. The zero-order chi connectivity index (χ0) is 42.4. The molecule has 18 heteroatoms. The highest BCUT2D eigenvalue weighted by molar-refractivity contribution is 6.34. The Labute approximate surface area is 341 Å². The maximum absolute atomic E-state index is 14.5. The molecule has 0 aromatic heterocycles. The largest absolute Gasteiger partial charge is 0.497 e. The van der Waals surface area contributed by atoms with Crippen LogP contribution < -0.4 is 52.7 Å². The molecule has 58 heavy (non-hydrogen) atoms. The lowest BCUT2D eigenvalue weighted by molar-refractivity contribution is -0.141. The second-order valence-electron chi connectivity index (χ2n) is 13.4. The molecule has 0 saturated carbocycles. The number of amides is 5. The van der Waals surface area contributed by atoms with Crippen LogP contribution in [0, 0.1) is 11.3 Å². The molecule has 0 saturated heterocycles. The van der Waals surface area contributed by atoms with Gasteiger partial charge in [0.05, 0.1) is 23.8 Å². The van der Waals surface area contributed by atoms with Crippen LogP contribution in [-0.4, -0.2) is 106 Å². The molecule has 0 aliphatic carbocycles. The van der Waals surface area contributed by atoms with Gasteiger partial charge in [-0.3, -0.25) is 24.0 Å². The van der Waals surface area contributed by atoms with E-state index in [0.29, 0.717) is 45.9 Å². The summed E-state index contributed by atoms with van der Waals surface area (Å²) in [5.74, 6) is -2.15. The van der Waals surface area contributed by atoms with Gasteiger partial charge in [-0.15, -0.1) is 0 Å². The average Bonchev–Trinajstić information content (AvgIpc) is 3.21. The summed E-state index contributed by atoms with van der Waals surface area (Å²) in [6, 6.07) is 11.6. The third-order valence-electron chi connectivity index (χ3n) is 9.28. The van der Waals surface area contributed by atoms with Gasteiger partial charge < -0.3 is 57.6 Å². The predicted octanol–water partition coefficient (Wildman–Crippen LogP) is 0.913. The molecule has 0 unspecified atom stereocenters. The number of hydrogen-bond donors (Lipinski definition) is 7. The molecule has 3 aromatic carbocycles. The van der Waals surface area contributed by atoms with E-state index in [-0.39, 0.29) is 62.8 Å². The number of fused-ring (bicyclic) bond motifs is 5. The van der Waals surface area contributed by atoms with Gasteiger partial charge in [0.15, 0.2) is 0 Å². The highest BCUT2D eigenvalue weighted by atomic mass is 35.5. The molecule has 4 atom stereocenters. The first kappa shape index (κ1) is 44.8. The fourth-order valence-electron chi connectivity index (χ4n) is 6.33. The summed E-state index contributed by atoms with van der Waals surface area (Å²) in [4.78, 5) is 70.6. The number of nitriles is 1. The topological polar surface area (TPSA) is 266 Å². The van der Waals surface area contributed by atoms with Gasteiger partial charge >= 0.3 is 0 Å². The molecule has 310 valence electrons. The molecule has 5 amide bonds. The smallest absolute Gasteiger partial charge is 0.253 e. The van der Waals surface area contributed by atoms with Crippen LogP contribution in [0.25, 0.3) is 11.1 Å². The van der Waals surface area contributed by atoms with Crippen LogP contribution in [-0.2, 0) is 25.6 Å². The van der Waals surface area contributed by atoms with Crippen LogP contribution in [0.3, 0.4) is 0 Å². The number of methoxy groups -OCH3 is 1. The predicted molar refractivity (Wildman–Crippen MR) is 216 cm³/mol. The molecule has 1 heterocycles. The van der Waals surface area contributed by atoms with Crippen LogP contribution in [0.15, 0.2) is 54.6 Å². The Morgan fingerprint density at radius 3 is 2.24 bits per heavy atom. The SMILES string of the molecule is COc1ccc(C(=O)N[C@@H](CCCN)C(=O)N(C)[C@@H]2C(=O)N[C@@H](C)C(=O)N[C@H](C(=O)NCC#N)Cc3ccc(OCCN)c(c3)-c3cc2ccc3OCCN)c(Cl)c1. The van der Waals surface area contributed by atoms with Gasteiger partial charge in [0.2, 0.25) is 23.6 Å². The molecule has 4 bridgehead atoms. The molecule has 10 N–H and O–H groups in total. The van der Waals surface area contributed by atoms with E-state index >= 15 is 0 Å². The summed E-state index contributed by atoms with van der Waals surface area (Å²) in [7, 11) is 2.87. The number of nitrogens with one attached hydrogen (secondary N) is 4. The van der Waals surface area contributed by atoms with Crippen LogP contribution >= 0.6 is 11.6 Å². The third-order valence-corrected chi connectivity index (χ3v) is 9.59. The second-order valence-corrected chi connectivity index (χ2v) is 13.8. The lowest BCUT2D eigenvalue weighted by atomic mass is 9.93. The van der Waals surface area contributed by atoms with E-state index in [1.54, 1.807) is 42.5 Å². The fraction of sp³-hybridized carbons (Fsp3) is 0.400. The maximum atomic E-state index is 14.5. The molecule has 3 aromatic rings. The number of benzene rings is 3. The van der Waals surface area contributed by atoms with Crippen LogP contribution in [0.4, 0.5) is 0 Å². The highest BCUT2D eigenvalue weighted by Crippen LogP contribution is 2.40. The van der Waals surface area contributed by atoms with E-state index in [1.165, 1.54) is 38.1 Å². The molecular weight excluding hydrogens is 770 g/mol. The second kappa shape index (κ2) is 21.6. The van der Waals surface area contributed by atoms with Crippen molar-refractivity contribution in [3.05, 3.63) is 76.3 Å². The van der Waals surface area contributed by atoms with Crippen molar-refractivity contribution in [2.45, 2.75) is 50.4 Å². The Hall–Kier alpha value is -5.93. The molecule has 0 spiro atoms. The number of hydrogen-bond acceptors (Lipinski definition) is 12. The fourth-order valence-corrected chi connectivity index (χ4v) is 6.58. The van der Waals surface area contributed by atoms with E-state index in [1.807, 2.05) is 6.07 Å². The Morgan fingerprint density at radius 2 is 1.62 bits per heavy atom. The van der Waals surface area contributed by atoms with E-state index in [0.717, 1.165) is 0 Å². The van der Waals surface area contributed by atoms with E-state index in [2.05, 4.69) is 21.3 Å². The molecule has 0 fully saturated rings. The van der Waals surface area contributed by atoms with Crippen LogP contribution in [0.5, 0.6) is 17.2 Å². The summed E-state index contributed by atoms with van der Waals surface area (Å²) in [5, 5.41) is 19.8. The Kier molecular flexibility index (Phi) is 16.6. The summed E-state index contributed by atoms with van der Waals surface area (Å²) in [6.07, 6.45) is 0.467. The maximum Gasteiger partial charge on any atom is 0.253 e. The first-order valence-corrected chi connectivity index (χ1v) is 19.0. The summed E-state index contributed by atoms with van der Waals surface area (Å²) in [6.45, 7) is 2.02. The standard InChI is InChI=1S/C40H50ClN9O8/c1-23-36(51)49-32(38(53)46-16-13-43)20-24-6-10-33(57-17-14-44)28(19-24)29-21-25(7-11-34(29)58-18-15-45)35(39(54)47-23)50(2)40(55)31(5-4-12-42)48-37(52)27-9-8-26(56-3)22-30(27)41/h6-11,19,21-23,31-32,35H,4-5,12,14-18,20,42,44-45H2,1-3H3,(H,46,53)(H,47,54)(H,48,52)(H,49,51)/t23-,31-,32-,35-/m0/s1. The number of nitrogens with two attached hydrogens (primary N) is 3. The number of rotatable bonds is 16. The van der Waals surface area contributed by atoms with E-state index < -0.39 is 53.7 Å². The Morgan fingerprint density at radius 1 is 0.948 bits per heavy atom. The van der Waals surface area contributed by atoms with Crippen LogP contribution in [0.1, 0.15) is 47.3 Å². The van der Waals surface area contributed by atoms with Gasteiger partial charge in [-0.05, 0) is 79.9 Å². The number of halogens is 1. The highest BCUT2D eigenvalue weighted by Gasteiger charge is 2.36. The molecule has 0 radical (unpaired) electrons. The van der Waals surface area contributed by atoms with E-state index in [4.69, 9.17) is 48.3 Å². The quantitative estimate of drug-likeness (QED) is 0.0995.